The summed E-state index contributed by atoms with van der Waals surface area (Å²) in [5.41, 5.74) is 1.09. The first kappa shape index (κ1) is 15.5. The number of halogens is 1. The summed E-state index contributed by atoms with van der Waals surface area (Å²) in [5, 5.41) is 5.32. The Labute approximate surface area is 127 Å². The number of carbonyl (C=O) groups is 2. The summed E-state index contributed by atoms with van der Waals surface area (Å²) < 4.78 is 18.0. The molecule has 2 N–H and O–H groups in total. The average Bonchev–Trinajstić information content (AvgIpc) is 2.54. The van der Waals surface area contributed by atoms with Crippen LogP contribution in [-0.2, 0) is 9.53 Å². The van der Waals surface area contributed by atoms with E-state index in [1.54, 1.807) is 36.4 Å². The molecule has 0 aliphatic heterocycles. The second-order valence-electron chi connectivity index (χ2n) is 4.45. The fraction of sp³-hybridized carbons (Fsp3) is 0.125. The predicted octanol–water partition coefficient (Wildman–Crippen LogP) is 2.66. The maximum Gasteiger partial charge on any atom is 0.337 e. The molecular formula is C16H15FN2O3. The number of rotatable bonds is 5. The molecule has 0 aliphatic rings. The largest absolute Gasteiger partial charge is 0.465 e. The maximum absolute atomic E-state index is 13.4. The number of ether oxygens (including phenoxy) is 1. The van der Waals surface area contributed by atoms with Crippen molar-refractivity contribution in [2.45, 2.75) is 0 Å². The van der Waals surface area contributed by atoms with Gasteiger partial charge in [0, 0.05) is 5.69 Å². The van der Waals surface area contributed by atoms with Crippen LogP contribution in [0.4, 0.5) is 15.8 Å². The lowest BCUT2D eigenvalue weighted by molar-refractivity contribution is -0.114. The van der Waals surface area contributed by atoms with Crippen LogP contribution in [0.15, 0.2) is 48.5 Å². The highest BCUT2D eigenvalue weighted by molar-refractivity contribution is 5.94. The van der Waals surface area contributed by atoms with E-state index in [9.17, 15) is 14.0 Å². The number of methoxy groups -OCH3 is 1. The molecule has 0 saturated carbocycles. The molecule has 5 nitrogen and oxygen atoms in total. The van der Waals surface area contributed by atoms with Gasteiger partial charge in [0.15, 0.2) is 0 Å². The lowest BCUT2D eigenvalue weighted by Gasteiger charge is -2.09. The van der Waals surface area contributed by atoms with Gasteiger partial charge in [0.05, 0.1) is 24.9 Å². The van der Waals surface area contributed by atoms with Crippen LogP contribution in [0.2, 0.25) is 0 Å². The van der Waals surface area contributed by atoms with Crippen molar-refractivity contribution in [1.29, 1.82) is 0 Å². The van der Waals surface area contributed by atoms with Crippen LogP contribution in [0, 0.1) is 5.82 Å². The van der Waals surface area contributed by atoms with E-state index < -0.39 is 17.7 Å². The summed E-state index contributed by atoms with van der Waals surface area (Å²) in [6, 6.07) is 12.5. The van der Waals surface area contributed by atoms with Gasteiger partial charge < -0.3 is 15.4 Å². The third-order valence-corrected chi connectivity index (χ3v) is 2.88. The fourth-order valence-corrected chi connectivity index (χ4v) is 1.81. The molecule has 2 rings (SSSR count). The van der Waals surface area contributed by atoms with Gasteiger partial charge in [-0.2, -0.15) is 0 Å². The monoisotopic (exact) mass is 302 g/mol. The first-order valence-electron chi connectivity index (χ1n) is 6.57. The van der Waals surface area contributed by atoms with Crippen molar-refractivity contribution in [3.8, 4) is 0 Å². The Morgan fingerprint density at radius 1 is 1.14 bits per heavy atom. The number of esters is 1. The zero-order chi connectivity index (χ0) is 15.9. The van der Waals surface area contributed by atoms with Crippen molar-refractivity contribution in [2.24, 2.45) is 0 Å². The van der Waals surface area contributed by atoms with Crippen LogP contribution in [0.25, 0.3) is 0 Å². The van der Waals surface area contributed by atoms with Crippen LogP contribution in [0.1, 0.15) is 10.4 Å². The number of nitrogens with one attached hydrogen (secondary N) is 2. The number of para-hydroxylation sites is 1. The van der Waals surface area contributed by atoms with E-state index in [1.165, 1.54) is 19.2 Å². The SMILES string of the molecule is COC(=O)c1cccc(NCC(=O)Nc2ccccc2F)c1. The second-order valence-corrected chi connectivity index (χ2v) is 4.45. The molecule has 0 bridgehead atoms. The Morgan fingerprint density at radius 2 is 1.91 bits per heavy atom. The number of carbonyl (C=O) groups excluding carboxylic acids is 2. The molecule has 1 amide bonds. The van der Waals surface area contributed by atoms with Crippen molar-refractivity contribution in [1.82, 2.24) is 0 Å². The highest BCUT2D eigenvalue weighted by atomic mass is 19.1. The summed E-state index contributed by atoms with van der Waals surface area (Å²) in [6.07, 6.45) is 0. The van der Waals surface area contributed by atoms with E-state index in [2.05, 4.69) is 15.4 Å². The van der Waals surface area contributed by atoms with Gasteiger partial charge in [-0.15, -0.1) is 0 Å². The van der Waals surface area contributed by atoms with E-state index in [1.807, 2.05) is 0 Å². The summed E-state index contributed by atoms with van der Waals surface area (Å²) >= 11 is 0. The van der Waals surface area contributed by atoms with Crippen molar-refractivity contribution in [3.05, 3.63) is 59.9 Å². The molecule has 0 unspecified atom stereocenters. The Kier molecular flexibility index (Phi) is 5.08. The summed E-state index contributed by atoms with van der Waals surface area (Å²) in [5.74, 6) is -1.35. The maximum atomic E-state index is 13.4. The Bertz CT molecular complexity index is 689. The molecule has 0 heterocycles. The molecule has 0 aromatic heterocycles. The molecule has 6 heteroatoms. The van der Waals surface area contributed by atoms with Gasteiger partial charge in [0.2, 0.25) is 5.91 Å². The lowest BCUT2D eigenvalue weighted by atomic mass is 10.2. The first-order valence-corrected chi connectivity index (χ1v) is 6.57. The highest BCUT2D eigenvalue weighted by Crippen LogP contribution is 2.13. The van der Waals surface area contributed by atoms with Crippen molar-refractivity contribution in [3.63, 3.8) is 0 Å². The van der Waals surface area contributed by atoms with Crippen molar-refractivity contribution < 1.29 is 18.7 Å². The smallest absolute Gasteiger partial charge is 0.337 e. The number of amides is 1. The average molecular weight is 302 g/mol. The molecule has 2 aromatic rings. The highest BCUT2D eigenvalue weighted by Gasteiger charge is 2.08. The van der Waals surface area contributed by atoms with Crippen LogP contribution in [0.3, 0.4) is 0 Å². The van der Waals surface area contributed by atoms with Crippen molar-refractivity contribution >= 4 is 23.3 Å². The van der Waals surface area contributed by atoms with Crippen LogP contribution in [-0.4, -0.2) is 25.5 Å². The molecule has 22 heavy (non-hydrogen) atoms. The van der Waals surface area contributed by atoms with Gasteiger partial charge in [-0.3, -0.25) is 4.79 Å². The number of hydrogen-bond donors (Lipinski definition) is 2. The summed E-state index contributed by atoms with van der Waals surface area (Å²) in [7, 11) is 1.30. The zero-order valence-electron chi connectivity index (χ0n) is 11.9. The summed E-state index contributed by atoms with van der Waals surface area (Å²) in [4.78, 5) is 23.2. The van der Waals surface area contributed by atoms with E-state index in [0.29, 0.717) is 11.3 Å². The van der Waals surface area contributed by atoms with E-state index in [-0.39, 0.29) is 12.2 Å². The van der Waals surface area contributed by atoms with Gasteiger partial charge in [-0.05, 0) is 30.3 Å². The van der Waals surface area contributed by atoms with Gasteiger partial charge >= 0.3 is 5.97 Å². The van der Waals surface area contributed by atoms with Gasteiger partial charge in [0.1, 0.15) is 5.82 Å². The quantitative estimate of drug-likeness (QED) is 0.833. The molecule has 0 spiro atoms. The standard InChI is InChI=1S/C16H15FN2O3/c1-22-16(21)11-5-4-6-12(9-11)18-10-15(20)19-14-8-3-2-7-13(14)17/h2-9,18H,10H2,1H3,(H,19,20). The molecule has 0 aliphatic carbocycles. The van der Waals surface area contributed by atoms with Crippen LogP contribution >= 0.6 is 0 Å². The number of hydrogen-bond acceptors (Lipinski definition) is 4. The molecule has 2 aromatic carbocycles. The van der Waals surface area contributed by atoms with Gasteiger partial charge in [-0.25, -0.2) is 9.18 Å². The van der Waals surface area contributed by atoms with Gasteiger partial charge in [0.25, 0.3) is 0 Å². The molecule has 114 valence electrons. The van der Waals surface area contributed by atoms with E-state index >= 15 is 0 Å². The fourth-order valence-electron chi connectivity index (χ4n) is 1.81. The molecule has 0 fully saturated rings. The molecule has 0 saturated heterocycles. The normalized spacial score (nSPS) is 9.91. The van der Waals surface area contributed by atoms with Crippen LogP contribution in [0.5, 0.6) is 0 Å². The predicted molar refractivity (Wildman–Crippen MR) is 81.3 cm³/mol. The van der Waals surface area contributed by atoms with E-state index in [4.69, 9.17) is 0 Å². The summed E-state index contributed by atoms with van der Waals surface area (Å²) in [6.45, 7) is -0.0566. The Hall–Kier alpha value is -2.89. The first-order chi connectivity index (χ1) is 10.6. The number of benzene rings is 2. The minimum absolute atomic E-state index is 0.0566. The van der Waals surface area contributed by atoms with Crippen LogP contribution < -0.4 is 10.6 Å². The molecule has 0 radical (unpaired) electrons. The molecule has 0 atom stereocenters. The third-order valence-electron chi connectivity index (χ3n) is 2.88. The van der Waals surface area contributed by atoms with E-state index in [0.717, 1.165) is 0 Å². The molecular weight excluding hydrogens is 287 g/mol. The third kappa shape index (κ3) is 4.05. The lowest BCUT2D eigenvalue weighted by Crippen LogP contribution is -2.22. The zero-order valence-corrected chi connectivity index (χ0v) is 11.9. The van der Waals surface area contributed by atoms with Crippen molar-refractivity contribution in [2.75, 3.05) is 24.3 Å². The van der Waals surface area contributed by atoms with Gasteiger partial charge in [-0.1, -0.05) is 18.2 Å². The minimum Gasteiger partial charge on any atom is -0.465 e. The minimum atomic E-state index is -0.497. The topological polar surface area (TPSA) is 67.4 Å². The number of anilines is 2. The Morgan fingerprint density at radius 3 is 2.64 bits per heavy atom. The second kappa shape index (κ2) is 7.21. The Balaban J connectivity index is 1.94.